The fourth-order valence-electron chi connectivity index (χ4n) is 4.08. The number of nitrogens with zero attached hydrogens (tertiary/aromatic N) is 5. The van der Waals surface area contributed by atoms with Gasteiger partial charge in [-0.05, 0) is 42.8 Å². The van der Waals surface area contributed by atoms with Crippen molar-refractivity contribution in [3.05, 3.63) is 84.6 Å². The van der Waals surface area contributed by atoms with Gasteiger partial charge in [0.05, 0.1) is 5.52 Å². The van der Waals surface area contributed by atoms with Crippen LogP contribution in [0, 0.1) is 5.82 Å². The van der Waals surface area contributed by atoms with E-state index in [0.29, 0.717) is 11.6 Å². The first-order valence-electron chi connectivity index (χ1n) is 10.7. The average molecular weight is 429 g/mol. The zero-order chi connectivity index (χ0) is 21.9. The van der Waals surface area contributed by atoms with Gasteiger partial charge in [0, 0.05) is 55.9 Å². The van der Waals surface area contributed by atoms with Crippen molar-refractivity contribution in [2.24, 2.45) is 0 Å². The van der Waals surface area contributed by atoms with Crippen molar-refractivity contribution in [2.75, 3.05) is 31.1 Å². The van der Waals surface area contributed by atoms with E-state index in [1.54, 1.807) is 6.20 Å². The number of fused-ring (bicyclic) bond motifs is 1. The van der Waals surface area contributed by atoms with E-state index in [1.807, 2.05) is 48.5 Å². The molecule has 5 rings (SSSR count). The Hall–Kier alpha value is -3.58. The predicted molar refractivity (Wildman–Crippen MR) is 122 cm³/mol. The largest absolute Gasteiger partial charge is 0.439 e. The molecule has 1 atom stereocenters. The molecule has 2 aromatic heterocycles. The van der Waals surface area contributed by atoms with E-state index in [0.717, 1.165) is 48.5 Å². The van der Waals surface area contributed by atoms with E-state index < -0.39 is 0 Å². The summed E-state index contributed by atoms with van der Waals surface area (Å²) < 4.78 is 19.2. The smallest absolute Gasteiger partial charge is 0.224 e. The number of aromatic nitrogens is 3. The summed E-state index contributed by atoms with van der Waals surface area (Å²) in [7, 11) is 0. The summed E-state index contributed by atoms with van der Waals surface area (Å²) in [5, 5.41) is 1.07. The second-order valence-electron chi connectivity index (χ2n) is 7.92. The number of hydrogen-bond donors (Lipinski definition) is 0. The maximum Gasteiger partial charge on any atom is 0.224 e. The first-order chi connectivity index (χ1) is 15.7. The number of rotatable bonds is 5. The molecule has 1 saturated heterocycles. The first-order valence-corrected chi connectivity index (χ1v) is 10.7. The zero-order valence-electron chi connectivity index (χ0n) is 17.9. The SMILES string of the molecule is CC(c1ccc(F)cc1)N1CCN(c2cc(Oc3ccc4cccnc4c3)ncn2)CC1. The summed E-state index contributed by atoms with van der Waals surface area (Å²) in [6.45, 7) is 5.66. The maximum absolute atomic E-state index is 13.2. The van der Waals surface area contributed by atoms with Crippen molar-refractivity contribution in [2.45, 2.75) is 13.0 Å². The second kappa shape index (κ2) is 8.88. The third kappa shape index (κ3) is 4.38. The summed E-state index contributed by atoms with van der Waals surface area (Å²) >= 11 is 0. The van der Waals surface area contributed by atoms with Crippen LogP contribution < -0.4 is 9.64 Å². The summed E-state index contributed by atoms with van der Waals surface area (Å²) in [6.07, 6.45) is 3.31. The highest BCUT2D eigenvalue weighted by atomic mass is 19.1. The number of ether oxygens (including phenoxy) is 1. The van der Waals surface area contributed by atoms with Crippen molar-refractivity contribution in [3.8, 4) is 11.6 Å². The molecule has 32 heavy (non-hydrogen) atoms. The molecular formula is C25H24FN5O. The quantitative estimate of drug-likeness (QED) is 0.453. The van der Waals surface area contributed by atoms with Gasteiger partial charge in [-0.3, -0.25) is 9.88 Å². The van der Waals surface area contributed by atoms with Crippen molar-refractivity contribution in [1.82, 2.24) is 19.9 Å². The Kier molecular flexibility index (Phi) is 5.64. The molecule has 6 nitrogen and oxygen atoms in total. The Morgan fingerprint density at radius 3 is 2.53 bits per heavy atom. The lowest BCUT2D eigenvalue weighted by Gasteiger charge is -2.38. The molecule has 0 spiro atoms. The van der Waals surface area contributed by atoms with Crippen molar-refractivity contribution < 1.29 is 9.13 Å². The standard InChI is InChI=1S/C25H24FN5O/c1-18(19-4-7-21(26)8-5-19)30-11-13-31(14-12-30)24-16-25(29-17-28-24)32-22-9-6-20-3-2-10-27-23(20)15-22/h2-10,15-18H,11-14H2,1H3. The third-order valence-corrected chi connectivity index (χ3v) is 5.97. The van der Waals surface area contributed by atoms with Crippen LogP contribution in [0.1, 0.15) is 18.5 Å². The molecule has 1 unspecified atom stereocenters. The lowest BCUT2D eigenvalue weighted by molar-refractivity contribution is 0.198. The molecule has 0 N–H and O–H groups in total. The highest BCUT2D eigenvalue weighted by Gasteiger charge is 2.23. The first kappa shape index (κ1) is 20.3. The molecule has 4 aromatic rings. The molecular weight excluding hydrogens is 405 g/mol. The number of anilines is 1. The highest BCUT2D eigenvalue weighted by Crippen LogP contribution is 2.27. The van der Waals surface area contributed by atoms with Crippen LogP contribution in [0.25, 0.3) is 10.9 Å². The normalized spacial score (nSPS) is 15.6. The minimum absolute atomic E-state index is 0.201. The van der Waals surface area contributed by atoms with Gasteiger partial charge in [-0.1, -0.05) is 18.2 Å². The molecule has 3 heterocycles. The molecule has 1 fully saturated rings. The van der Waals surface area contributed by atoms with Crippen LogP contribution in [-0.4, -0.2) is 46.0 Å². The highest BCUT2D eigenvalue weighted by molar-refractivity contribution is 5.79. The topological polar surface area (TPSA) is 54.4 Å². The Balaban J connectivity index is 1.24. The molecule has 1 aliphatic rings. The van der Waals surface area contributed by atoms with Gasteiger partial charge < -0.3 is 9.64 Å². The van der Waals surface area contributed by atoms with E-state index in [1.165, 1.54) is 18.5 Å². The Labute approximate surface area is 186 Å². The summed E-state index contributed by atoms with van der Waals surface area (Å²) in [5.74, 6) is 1.85. The Bertz CT molecular complexity index is 1210. The second-order valence-corrected chi connectivity index (χ2v) is 7.92. The zero-order valence-corrected chi connectivity index (χ0v) is 17.9. The molecule has 162 valence electrons. The van der Waals surface area contributed by atoms with E-state index in [2.05, 4.69) is 31.7 Å². The van der Waals surface area contributed by atoms with Gasteiger partial charge in [0.15, 0.2) is 0 Å². The van der Waals surface area contributed by atoms with E-state index in [4.69, 9.17) is 4.74 Å². The minimum Gasteiger partial charge on any atom is -0.439 e. The third-order valence-electron chi connectivity index (χ3n) is 5.97. The van der Waals surface area contributed by atoms with Gasteiger partial charge in [0.25, 0.3) is 0 Å². The van der Waals surface area contributed by atoms with Crippen LogP contribution in [-0.2, 0) is 0 Å². The molecule has 2 aromatic carbocycles. The fourth-order valence-corrected chi connectivity index (χ4v) is 4.08. The molecule has 0 amide bonds. The monoisotopic (exact) mass is 429 g/mol. The van der Waals surface area contributed by atoms with E-state index in [9.17, 15) is 4.39 Å². The number of benzene rings is 2. The van der Waals surface area contributed by atoms with Crippen molar-refractivity contribution in [1.29, 1.82) is 0 Å². The molecule has 0 radical (unpaired) electrons. The van der Waals surface area contributed by atoms with Gasteiger partial charge in [-0.25, -0.2) is 14.4 Å². The van der Waals surface area contributed by atoms with Crippen LogP contribution >= 0.6 is 0 Å². The van der Waals surface area contributed by atoms with Crippen LogP contribution in [0.4, 0.5) is 10.2 Å². The Morgan fingerprint density at radius 2 is 1.72 bits per heavy atom. The van der Waals surface area contributed by atoms with E-state index in [-0.39, 0.29) is 11.9 Å². The number of piperazine rings is 1. The van der Waals surface area contributed by atoms with Gasteiger partial charge in [-0.2, -0.15) is 0 Å². The van der Waals surface area contributed by atoms with E-state index >= 15 is 0 Å². The summed E-state index contributed by atoms with van der Waals surface area (Å²) in [4.78, 5) is 17.8. The molecule has 0 saturated carbocycles. The van der Waals surface area contributed by atoms with Gasteiger partial charge in [-0.15, -0.1) is 0 Å². The summed E-state index contributed by atoms with van der Waals surface area (Å²) in [6, 6.07) is 18.6. The number of hydrogen-bond acceptors (Lipinski definition) is 6. The molecule has 1 aliphatic heterocycles. The lowest BCUT2D eigenvalue weighted by Crippen LogP contribution is -2.47. The van der Waals surface area contributed by atoms with Gasteiger partial charge in [0.1, 0.15) is 23.7 Å². The number of pyridine rings is 1. The van der Waals surface area contributed by atoms with Crippen molar-refractivity contribution >= 4 is 16.7 Å². The average Bonchev–Trinajstić information content (AvgIpc) is 2.84. The summed E-state index contributed by atoms with van der Waals surface area (Å²) in [5.41, 5.74) is 2.01. The van der Waals surface area contributed by atoms with Gasteiger partial charge >= 0.3 is 0 Å². The van der Waals surface area contributed by atoms with Crippen LogP contribution in [0.5, 0.6) is 11.6 Å². The number of halogens is 1. The molecule has 0 aliphatic carbocycles. The van der Waals surface area contributed by atoms with Gasteiger partial charge in [0.2, 0.25) is 5.88 Å². The van der Waals surface area contributed by atoms with Crippen molar-refractivity contribution in [3.63, 3.8) is 0 Å². The fraction of sp³-hybridized carbons (Fsp3) is 0.240. The van der Waals surface area contributed by atoms with Crippen LogP contribution in [0.2, 0.25) is 0 Å². The van der Waals surface area contributed by atoms with Crippen LogP contribution in [0.3, 0.4) is 0 Å². The molecule has 0 bridgehead atoms. The predicted octanol–water partition coefficient (Wildman–Crippen LogP) is 4.84. The maximum atomic E-state index is 13.2. The Morgan fingerprint density at radius 1 is 0.906 bits per heavy atom. The van der Waals surface area contributed by atoms with Crippen LogP contribution in [0.15, 0.2) is 73.2 Å². The lowest BCUT2D eigenvalue weighted by atomic mass is 10.1. The molecule has 7 heteroatoms. The minimum atomic E-state index is -0.201.